The van der Waals surface area contributed by atoms with E-state index >= 15 is 0 Å². The summed E-state index contributed by atoms with van der Waals surface area (Å²) in [4.78, 5) is 37.2. The summed E-state index contributed by atoms with van der Waals surface area (Å²) in [5, 5.41) is 2.81. The Bertz CT molecular complexity index is 852. The molecule has 8 radical (unpaired) electrons. The molecule has 0 bridgehead atoms. The van der Waals surface area contributed by atoms with E-state index in [2.05, 4.69) is 10.2 Å². The minimum Gasteiger partial charge on any atom is -0.445 e. The van der Waals surface area contributed by atoms with Crippen LogP contribution in [0.15, 0.2) is 30.3 Å². The van der Waals surface area contributed by atoms with Crippen LogP contribution in [0.3, 0.4) is 0 Å². The summed E-state index contributed by atoms with van der Waals surface area (Å²) in [7, 11) is 19.9. The topological polar surface area (TPSA) is 157 Å². The number of amides is 3. The lowest BCUT2D eigenvalue weighted by Crippen LogP contribution is -2.42. The molecule has 2 heterocycles. The first kappa shape index (κ1) is 35.7. The van der Waals surface area contributed by atoms with Gasteiger partial charge in [-0.05, 0) is 75.8 Å². The molecule has 1 aromatic carbocycles. The highest BCUT2D eigenvalue weighted by molar-refractivity contribution is 7.76. The first-order valence-electron chi connectivity index (χ1n) is 13.7. The van der Waals surface area contributed by atoms with E-state index in [4.69, 9.17) is 52.9 Å². The molecule has 2 aliphatic rings. The molecule has 3 rings (SSSR count). The first-order valence-corrected chi connectivity index (χ1v) is 13.7. The van der Waals surface area contributed by atoms with Crippen LogP contribution in [0.25, 0.3) is 0 Å². The van der Waals surface area contributed by atoms with Crippen LogP contribution in [-0.2, 0) is 20.9 Å². The van der Waals surface area contributed by atoms with Crippen molar-refractivity contribution in [2.24, 2.45) is 29.0 Å². The van der Waals surface area contributed by atoms with Gasteiger partial charge in [0.2, 0.25) is 11.8 Å². The Morgan fingerprint density at radius 1 is 0.825 bits per heavy atom. The number of rotatable bonds is 10. The van der Waals surface area contributed by atoms with Gasteiger partial charge in [0.15, 0.2) is 0 Å². The minimum atomic E-state index is -0.593. The van der Waals surface area contributed by atoms with Crippen LogP contribution in [0, 0.1) is 11.8 Å². The average molecular weight is 541 g/mol. The van der Waals surface area contributed by atoms with Crippen molar-refractivity contribution in [1.82, 2.24) is 15.1 Å². The lowest BCUT2D eigenvalue weighted by atomic mass is 8.81. The zero-order valence-corrected chi connectivity index (χ0v) is 23.5. The molecule has 2 fully saturated rings. The van der Waals surface area contributed by atoms with Gasteiger partial charge in [-0.25, -0.2) is 4.79 Å². The number of primary amides is 2. The second-order valence-electron chi connectivity index (χ2n) is 10.2. The summed E-state index contributed by atoms with van der Waals surface area (Å²) < 4.78 is 5.17. The Hall–Kier alpha value is -2.30. The molecule has 16 heteroatoms. The van der Waals surface area contributed by atoms with Crippen molar-refractivity contribution in [3.63, 3.8) is 0 Å². The van der Waals surface area contributed by atoms with Gasteiger partial charge < -0.3 is 27.3 Å². The van der Waals surface area contributed by atoms with Crippen molar-refractivity contribution in [2.45, 2.75) is 32.3 Å². The number of piperidine rings is 2. The van der Waals surface area contributed by atoms with E-state index in [1.807, 2.05) is 35.2 Å². The van der Waals surface area contributed by atoms with E-state index < -0.39 is 12.8 Å². The van der Waals surface area contributed by atoms with Crippen molar-refractivity contribution >= 4 is 61.6 Å². The van der Waals surface area contributed by atoms with Gasteiger partial charge in [0.1, 0.15) is 6.61 Å². The predicted molar refractivity (Wildman–Crippen MR) is 165 cm³/mol. The van der Waals surface area contributed by atoms with Crippen LogP contribution in [0.5, 0.6) is 0 Å². The van der Waals surface area contributed by atoms with Gasteiger partial charge in [-0.2, -0.15) is 0 Å². The lowest BCUT2D eigenvalue weighted by molar-refractivity contribution is -0.120. The van der Waals surface area contributed by atoms with Gasteiger partial charge in [0.25, 0.3) is 0 Å². The third-order valence-corrected chi connectivity index (χ3v) is 6.70. The molecule has 2 aliphatic heterocycles. The molecular formula is C24H40B6N6O4. The molecule has 208 valence electrons. The summed E-state index contributed by atoms with van der Waals surface area (Å²) in [6.07, 6.45) is 2.53. The first-order chi connectivity index (χ1) is 19.0. The van der Waals surface area contributed by atoms with Crippen molar-refractivity contribution in [3.05, 3.63) is 35.9 Å². The standard InChI is InChI=1S/C16H23N3O3.C8H17N3O.B6/c17-15(20)11-19-8-6-13(7-9-19)10-18-16(21)22-12-14-4-2-1-3-5-14;9-5-7-1-3-11(4-2-7)6-8(10)12;1-5(2)6(3)4/h1-5,13H,6-12H2,(H2,17,20)(H,18,21);7H,1-6,9H2,(H2,10,12);. The molecule has 0 saturated carbocycles. The third kappa shape index (κ3) is 17.4. The van der Waals surface area contributed by atoms with Gasteiger partial charge in [-0.1, -0.05) is 30.3 Å². The van der Waals surface area contributed by atoms with Gasteiger partial charge >= 0.3 is 6.09 Å². The molecule has 40 heavy (non-hydrogen) atoms. The normalized spacial score (nSPS) is 16.3. The van der Waals surface area contributed by atoms with E-state index in [1.54, 1.807) is 0 Å². The second kappa shape index (κ2) is 20.6. The number of carbonyl (C=O) groups excluding carboxylic acids is 3. The Morgan fingerprint density at radius 2 is 1.27 bits per heavy atom. The number of nitrogens with two attached hydrogens (primary N) is 3. The molecule has 10 nitrogen and oxygen atoms in total. The van der Waals surface area contributed by atoms with E-state index in [0.29, 0.717) is 31.5 Å². The fraction of sp³-hybridized carbons (Fsp3) is 0.625. The Balaban J connectivity index is 0.000000371. The highest BCUT2D eigenvalue weighted by Gasteiger charge is 2.21. The number of hydrogen-bond acceptors (Lipinski definition) is 7. The lowest BCUT2D eigenvalue weighted by Gasteiger charge is -2.30. The number of ether oxygens (including phenoxy) is 1. The van der Waals surface area contributed by atoms with Gasteiger partial charge in [0, 0.05) is 50.3 Å². The largest absolute Gasteiger partial charge is 0.445 e. The zero-order valence-electron chi connectivity index (χ0n) is 23.5. The highest BCUT2D eigenvalue weighted by atomic mass is 16.5. The summed E-state index contributed by atoms with van der Waals surface area (Å²) in [6.45, 7) is 5.99. The summed E-state index contributed by atoms with van der Waals surface area (Å²) in [5.41, 5.74) is 16.8. The Labute approximate surface area is 245 Å². The van der Waals surface area contributed by atoms with Crippen LogP contribution in [-0.4, -0.2) is 124 Å². The summed E-state index contributed by atoms with van der Waals surface area (Å²) in [6, 6.07) is 9.59. The van der Waals surface area contributed by atoms with E-state index in [1.165, 1.54) is 0 Å². The Morgan fingerprint density at radius 3 is 1.68 bits per heavy atom. The van der Waals surface area contributed by atoms with Crippen LogP contribution < -0.4 is 22.5 Å². The third-order valence-electron chi connectivity index (χ3n) is 6.70. The molecule has 3 amide bonds. The molecule has 2 saturated heterocycles. The number of carbonyl (C=O) groups is 3. The number of hydrogen-bond donors (Lipinski definition) is 4. The van der Waals surface area contributed by atoms with Crippen molar-refractivity contribution in [3.8, 4) is 0 Å². The molecule has 0 atom stereocenters. The van der Waals surface area contributed by atoms with Crippen molar-refractivity contribution in [2.75, 3.05) is 52.4 Å². The smallest absolute Gasteiger partial charge is 0.407 e. The maximum absolute atomic E-state index is 11.7. The van der Waals surface area contributed by atoms with E-state index in [9.17, 15) is 14.4 Å². The SMILES string of the molecule is NC(=O)CN1CCC(CNC(=O)OCc2ccccc2)CC1.NCC1CCN(CC(N)=O)CC1.[B]B([B])B([B])[B]. The summed E-state index contributed by atoms with van der Waals surface area (Å²) in [5.74, 6) is 0.546. The highest BCUT2D eigenvalue weighted by Crippen LogP contribution is 2.16. The minimum absolute atomic E-state index is 0.235. The van der Waals surface area contributed by atoms with Gasteiger partial charge in [-0.3, -0.25) is 19.4 Å². The van der Waals surface area contributed by atoms with Crippen LogP contribution >= 0.6 is 0 Å². The summed E-state index contributed by atoms with van der Waals surface area (Å²) >= 11 is 0. The van der Waals surface area contributed by atoms with Crippen molar-refractivity contribution < 1.29 is 19.1 Å². The Kier molecular flexibility index (Phi) is 18.4. The molecule has 1 aromatic rings. The van der Waals surface area contributed by atoms with Crippen molar-refractivity contribution in [1.29, 1.82) is 0 Å². The quantitative estimate of drug-likeness (QED) is 0.249. The second-order valence-corrected chi connectivity index (χ2v) is 10.2. The fourth-order valence-corrected chi connectivity index (χ4v) is 4.17. The number of nitrogens with zero attached hydrogens (tertiary/aromatic N) is 2. The number of nitrogens with one attached hydrogen (secondary N) is 1. The predicted octanol–water partition coefficient (Wildman–Crippen LogP) is -2.03. The molecule has 0 spiro atoms. The molecule has 7 N–H and O–H groups in total. The van der Waals surface area contributed by atoms with E-state index in [-0.39, 0.29) is 24.5 Å². The molecule has 0 aliphatic carbocycles. The van der Waals surface area contributed by atoms with E-state index in [0.717, 1.165) is 64.0 Å². The molecular weight excluding hydrogens is 501 g/mol. The maximum atomic E-state index is 11.7. The number of benzene rings is 1. The zero-order chi connectivity index (χ0) is 29.9. The van der Waals surface area contributed by atoms with Crippen LogP contribution in [0.4, 0.5) is 4.79 Å². The van der Waals surface area contributed by atoms with Crippen LogP contribution in [0.1, 0.15) is 31.2 Å². The molecule has 0 aromatic heterocycles. The average Bonchev–Trinajstić information content (AvgIpc) is 2.92. The van der Waals surface area contributed by atoms with Crippen LogP contribution in [0.2, 0.25) is 0 Å². The number of alkyl carbamates (subject to hydrolysis) is 1. The van der Waals surface area contributed by atoms with Gasteiger partial charge in [0.05, 0.1) is 13.1 Å². The fourth-order valence-electron chi connectivity index (χ4n) is 4.17. The molecule has 0 unspecified atom stereocenters. The number of likely N-dealkylation sites (tertiary alicyclic amines) is 2. The van der Waals surface area contributed by atoms with Gasteiger partial charge in [-0.15, -0.1) is 0 Å². The monoisotopic (exact) mass is 542 g/mol. The maximum Gasteiger partial charge on any atom is 0.407 e.